The van der Waals surface area contributed by atoms with Crippen molar-refractivity contribution in [2.24, 2.45) is 0 Å². The number of halogens is 3. The molecule has 1 fully saturated rings. The molecule has 0 bridgehead atoms. The van der Waals surface area contributed by atoms with Gasteiger partial charge in [0.25, 0.3) is 0 Å². The molecule has 0 amide bonds. The van der Waals surface area contributed by atoms with Gasteiger partial charge < -0.3 is 9.31 Å². The van der Waals surface area contributed by atoms with Crippen LogP contribution >= 0.6 is 0 Å². The van der Waals surface area contributed by atoms with Gasteiger partial charge in [-0.2, -0.15) is 13.2 Å². The van der Waals surface area contributed by atoms with E-state index >= 15 is 0 Å². The monoisotopic (exact) mass is 287 g/mol. The minimum Gasteiger partial charge on any atom is -0.399 e. The van der Waals surface area contributed by atoms with Gasteiger partial charge in [0.1, 0.15) is 5.69 Å². The largest absolute Gasteiger partial charge is 0.497 e. The third kappa shape index (κ3) is 2.56. The fraction of sp³-hybridized carbons (Fsp3) is 0.615. The molecule has 1 aromatic heterocycles. The summed E-state index contributed by atoms with van der Waals surface area (Å²) in [6, 6.07) is 2.89. The standard InChI is InChI=1S/C13H17BF3NO2/c1-8-6-7-9(10(18-8)13(15,16)17)14-19-11(2,3)12(4,5)20-14/h6-7H,1-5H3. The van der Waals surface area contributed by atoms with Crippen molar-refractivity contribution in [3.8, 4) is 0 Å². The summed E-state index contributed by atoms with van der Waals surface area (Å²) in [5.41, 5.74) is -2.10. The Kier molecular flexibility index (Phi) is 3.42. The molecular formula is C13H17BF3NO2. The van der Waals surface area contributed by atoms with Gasteiger partial charge in [0, 0.05) is 11.2 Å². The molecule has 0 unspecified atom stereocenters. The summed E-state index contributed by atoms with van der Waals surface area (Å²) >= 11 is 0. The van der Waals surface area contributed by atoms with Gasteiger partial charge in [-0.3, -0.25) is 0 Å². The smallest absolute Gasteiger partial charge is 0.399 e. The maximum Gasteiger partial charge on any atom is 0.497 e. The number of hydrogen-bond acceptors (Lipinski definition) is 3. The minimum absolute atomic E-state index is 0.0817. The number of nitrogens with zero attached hydrogens (tertiary/aromatic N) is 1. The molecule has 110 valence electrons. The van der Waals surface area contributed by atoms with Crippen molar-refractivity contribution in [1.29, 1.82) is 0 Å². The van der Waals surface area contributed by atoms with Crippen LogP contribution in [0, 0.1) is 6.92 Å². The highest BCUT2D eigenvalue weighted by Crippen LogP contribution is 2.37. The molecule has 7 heteroatoms. The highest BCUT2D eigenvalue weighted by molar-refractivity contribution is 6.62. The second kappa shape index (κ2) is 4.46. The van der Waals surface area contributed by atoms with Crippen LogP contribution in [-0.4, -0.2) is 23.3 Å². The van der Waals surface area contributed by atoms with Gasteiger partial charge in [-0.25, -0.2) is 4.98 Å². The van der Waals surface area contributed by atoms with Crippen molar-refractivity contribution in [3.05, 3.63) is 23.5 Å². The van der Waals surface area contributed by atoms with E-state index in [1.54, 1.807) is 27.7 Å². The van der Waals surface area contributed by atoms with Gasteiger partial charge in [-0.15, -0.1) is 0 Å². The topological polar surface area (TPSA) is 31.4 Å². The first-order chi connectivity index (χ1) is 8.94. The molecule has 0 aliphatic carbocycles. The van der Waals surface area contributed by atoms with Crippen molar-refractivity contribution in [3.63, 3.8) is 0 Å². The summed E-state index contributed by atoms with van der Waals surface area (Å²) in [6.45, 7) is 8.69. The first-order valence-corrected chi connectivity index (χ1v) is 6.34. The Morgan fingerprint density at radius 3 is 2.00 bits per heavy atom. The Morgan fingerprint density at radius 1 is 1.05 bits per heavy atom. The molecule has 0 atom stereocenters. The zero-order chi connectivity index (χ0) is 15.3. The van der Waals surface area contributed by atoms with Crippen LogP contribution in [0.15, 0.2) is 12.1 Å². The van der Waals surface area contributed by atoms with Gasteiger partial charge in [-0.05, 0) is 40.7 Å². The van der Waals surface area contributed by atoms with E-state index in [0.29, 0.717) is 5.69 Å². The highest BCUT2D eigenvalue weighted by Gasteiger charge is 2.54. The number of pyridine rings is 1. The predicted molar refractivity (Wildman–Crippen MR) is 69.7 cm³/mol. The molecule has 0 saturated carbocycles. The van der Waals surface area contributed by atoms with E-state index in [1.807, 2.05) is 0 Å². The lowest BCUT2D eigenvalue weighted by Crippen LogP contribution is -2.41. The quantitative estimate of drug-likeness (QED) is 0.744. The van der Waals surface area contributed by atoms with E-state index < -0.39 is 30.2 Å². The van der Waals surface area contributed by atoms with Crippen molar-refractivity contribution in [2.45, 2.75) is 52.0 Å². The van der Waals surface area contributed by atoms with Crippen molar-refractivity contribution in [1.82, 2.24) is 4.98 Å². The summed E-state index contributed by atoms with van der Waals surface area (Å²) in [5, 5.41) is 0. The molecule has 0 N–H and O–H groups in total. The van der Waals surface area contributed by atoms with E-state index in [4.69, 9.17) is 9.31 Å². The molecule has 1 aromatic rings. The second-order valence-corrected chi connectivity index (χ2v) is 5.98. The van der Waals surface area contributed by atoms with E-state index in [9.17, 15) is 13.2 Å². The lowest BCUT2D eigenvalue weighted by atomic mass is 9.77. The molecular weight excluding hydrogens is 270 g/mol. The molecule has 0 radical (unpaired) electrons. The van der Waals surface area contributed by atoms with Crippen LogP contribution in [0.2, 0.25) is 0 Å². The van der Waals surface area contributed by atoms with Crippen LogP contribution in [0.4, 0.5) is 13.2 Å². The van der Waals surface area contributed by atoms with E-state index in [0.717, 1.165) is 0 Å². The van der Waals surface area contributed by atoms with Crippen LogP contribution in [0.1, 0.15) is 39.1 Å². The van der Waals surface area contributed by atoms with Crippen LogP contribution < -0.4 is 5.46 Å². The Hall–Kier alpha value is -1.08. The third-order valence-corrected chi connectivity index (χ3v) is 3.84. The summed E-state index contributed by atoms with van der Waals surface area (Å²) in [5.74, 6) is 0. The van der Waals surface area contributed by atoms with E-state index in [1.165, 1.54) is 19.1 Å². The first kappa shape index (κ1) is 15.3. The molecule has 0 aromatic carbocycles. The number of alkyl halides is 3. The van der Waals surface area contributed by atoms with Gasteiger partial charge in [0.2, 0.25) is 0 Å². The molecule has 2 heterocycles. The zero-order valence-corrected chi connectivity index (χ0v) is 12.1. The Bertz CT molecular complexity index is 513. The maximum absolute atomic E-state index is 13.1. The summed E-state index contributed by atoms with van der Waals surface area (Å²) in [6.07, 6.45) is -4.54. The zero-order valence-electron chi connectivity index (χ0n) is 12.1. The van der Waals surface area contributed by atoms with Crippen LogP contribution in [0.5, 0.6) is 0 Å². The molecule has 20 heavy (non-hydrogen) atoms. The van der Waals surface area contributed by atoms with Crippen LogP contribution in [0.25, 0.3) is 0 Å². The number of aromatic nitrogens is 1. The molecule has 1 aliphatic heterocycles. The Balaban J connectivity index is 2.46. The van der Waals surface area contributed by atoms with Crippen LogP contribution in [0.3, 0.4) is 0 Å². The van der Waals surface area contributed by atoms with E-state index in [-0.39, 0.29) is 5.46 Å². The SMILES string of the molecule is Cc1ccc(B2OC(C)(C)C(C)(C)O2)c(C(F)(F)F)n1. The van der Waals surface area contributed by atoms with Crippen LogP contribution in [-0.2, 0) is 15.5 Å². The minimum atomic E-state index is -4.54. The fourth-order valence-electron chi connectivity index (χ4n) is 1.95. The molecule has 0 spiro atoms. The van der Waals surface area contributed by atoms with Gasteiger partial charge in [0.05, 0.1) is 11.2 Å². The lowest BCUT2D eigenvalue weighted by Gasteiger charge is -2.32. The van der Waals surface area contributed by atoms with E-state index in [2.05, 4.69) is 4.98 Å². The average Bonchev–Trinajstić information content (AvgIpc) is 2.46. The molecule has 1 saturated heterocycles. The predicted octanol–water partition coefficient (Wildman–Crippen LogP) is 2.71. The molecule has 3 nitrogen and oxygen atoms in total. The highest BCUT2D eigenvalue weighted by atomic mass is 19.4. The molecule has 1 aliphatic rings. The Labute approximate surface area is 116 Å². The maximum atomic E-state index is 13.1. The average molecular weight is 287 g/mol. The van der Waals surface area contributed by atoms with Gasteiger partial charge in [-0.1, -0.05) is 6.07 Å². The Morgan fingerprint density at radius 2 is 1.55 bits per heavy atom. The van der Waals surface area contributed by atoms with Gasteiger partial charge in [0.15, 0.2) is 0 Å². The number of rotatable bonds is 1. The lowest BCUT2D eigenvalue weighted by molar-refractivity contribution is -0.140. The molecule has 2 rings (SSSR count). The summed E-state index contributed by atoms with van der Waals surface area (Å²) in [4.78, 5) is 3.60. The van der Waals surface area contributed by atoms with Crippen molar-refractivity contribution in [2.75, 3.05) is 0 Å². The summed E-state index contributed by atoms with van der Waals surface area (Å²) in [7, 11) is -1.07. The second-order valence-electron chi connectivity index (χ2n) is 5.98. The fourth-order valence-corrected chi connectivity index (χ4v) is 1.95. The van der Waals surface area contributed by atoms with Crippen molar-refractivity contribution >= 4 is 12.6 Å². The number of hydrogen-bond donors (Lipinski definition) is 0. The van der Waals surface area contributed by atoms with Gasteiger partial charge >= 0.3 is 13.3 Å². The normalized spacial score (nSPS) is 21.3. The number of aryl methyl sites for hydroxylation is 1. The third-order valence-electron chi connectivity index (χ3n) is 3.84. The summed E-state index contributed by atoms with van der Waals surface area (Å²) < 4.78 is 50.6. The first-order valence-electron chi connectivity index (χ1n) is 6.34. The van der Waals surface area contributed by atoms with Crippen molar-refractivity contribution < 1.29 is 22.5 Å².